The van der Waals surface area contributed by atoms with Crippen molar-refractivity contribution < 1.29 is 8.83 Å². The lowest BCUT2D eigenvalue weighted by molar-refractivity contribution is 0.668. The van der Waals surface area contributed by atoms with Gasteiger partial charge in [0, 0.05) is 56.0 Å². The Morgan fingerprint density at radius 2 is 1.10 bits per heavy atom. The summed E-state index contributed by atoms with van der Waals surface area (Å²) in [6.07, 6.45) is 4.10. The van der Waals surface area contributed by atoms with Crippen LogP contribution in [-0.2, 0) is 0 Å². The third-order valence-electron chi connectivity index (χ3n) is 10.2. The number of pyridine rings is 1. The predicted octanol–water partition coefficient (Wildman–Crippen LogP) is 12.2. The number of thiazole rings is 1. The maximum atomic E-state index is 6.35. The molecule has 6 heterocycles. The SMILES string of the molecule is c1ccc2c(c1)oc1ccc(-c3cn4c(nc5ncc(-c6ccc7oc8ccc(-n9c%10ccccc%10c%10ccccc%109)cc8c7c6)cc54)s3)cc12. The van der Waals surface area contributed by atoms with Crippen LogP contribution in [0.3, 0.4) is 0 Å². The Balaban J connectivity index is 0.976. The van der Waals surface area contributed by atoms with Crippen LogP contribution in [0.1, 0.15) is 0 Å². The van der Waals surface area contributed by atoms with Crippen molar-refractivity contribution in [1.82, 2.24) is 18.9 Å². The second kappa shape index (κ2) is 9.94. The average Bonchev–Trinajstić information content (AvgIpc) is 3.99. The number of rotatable bonds is 3. The molecule has 12 rings (SSSR count). The first-order chi connectivity index (χ1) is 25.2. The van der Waals surface area contributed by atoms with Gasteiger partial charge in [0.1, 0.15) is 22.3 Å². The molecule has 0 fully saturated rings. The van der Waals surface area contributed by atoms with E-state index in [2.05, 4.69) is 136 Å². The maximum Gasteiger partial charge on any atom is 0.196 e. The van der Waals surface area contributed by atoms with Crippen LogP contribution < -0.4 is 0 Å². The van der Waals surface area contributed by atoms with Gasteiger partial charge >= 0.3 is 0 Å². The molecule has 238 valence electrons. The van der Waals surface area contributed by atoms with Gasteiger partial charge in [-0.3, -0.25) is 4.40 Å². The number of imidazole rings is 1. The minimum absolute atomic E-state index is 0.735. The van der Waals surface area contributed by atoms with Crippen molar-refractivity contribution in [3.8, 4) is 27.3 Å². The molecule has 0 bridgehead atoms. The fourth-order valence-electron chi connectivity index (χ4n) is 7.85. The summed E-state index contributed by atoms with van der Waals surface area (Å²) in [7, 11) is 0. The van der Waals surface area contributed by atoms with Gasteiger partial charge < -0.3 is 13.4 Å². The first kappa shape index (κ1) is 27.2. The zero-order chi connectivity index (χ0) is 33.2. The topological polar surface area (TPSA) is 61.4 Å². The first-order valence-electron chi connectivity index (χ1n) is 16.9. The Morgan fingerprint density at radius 1 is 0.490 bits per heavy atom. The van der Waals surface area contributed by atoms with Crippen LogP contribution in [0.25, 0.3) is 109 Å². The summed E-state index contributed by atoms with van der Waals surface area (Å²) in [5.41, 5.74) is 11.9. The molecule has 6 aromatic heterocycles. The molecule has 0 aliphatic rings. The molecule has 7 heteroatoms. The third kappa shape index (κ3) is 3.86. The number of hydrogen-bond acceptors (Lipinski definition) is 5. The molecule has 12 aromatic rings. The molecule has 6 nitrogen and oxygen atoms in total. The lowest BCUT2D eigenvalue weighted by Gasteiger charge is -2.08. The number of para-hydroxylation sites is 3. The van der Waals surface area contributed by atoms with E-state index in [9.17, 15) is 0 Å². The normalized spacial score (nSPS) is 12.3. The summed E-state index contributed by atoms with van der Waals surface area (Å²) in [5.74, 6) is 0. The summed E-state index contributed by atoms with van der Waals surface area (Å²) in [4.78, 5) is 11.8. The quantitative estimate of drug-likeness (QED) is 0.187. The Labute approximate surface area is 293 Å². The van der Waals surface area contributed by atoms with Crippen molar-refractivity contribution in [2.45, 2.75) is 0 Å². The third-order valence-corrected chi connectivity index (χ3v) is 11.3. The summed E-state index contributed by atoms with van der Waals surface area (Å²) in [5, 5.41) is 6.89. The zero-order valence-corrected chi connectivity index (χ0v) is 27.7. The molecule has 51 heavy (non-hydrogen) atoms. The number of hydrogen-bond donors (Lipinski definition) is 0. The maximum absolute atomic E-state index is 6.35. The van der Waals surface area contributed by atoms with Gasteiger partial charge in [-0.2, -0.15) is 4.98 Å². The Hall–Kier alpha value is -6.70. The van der Waals surface area contributed by atoms with Crippen molar-refractivity contribution in [2.75, 3.05) is 0 Å². The summed E-state index contributed by atoms with van der Waals surface area (Å²) >= 11 is 1.67. The first-order valence-corrected chi connectivity index (χ1v) is 17.7. The highest BCUT2D eigenvalue weighted by Crippen LogP contribution is 2.39. The number of furan rings is 2. The molecule has 0 aliphatic carbocycles. The summed E-state index contributed by atoms with van der Waals surface area (Å²) in [6, 6.07) is 46.9. The Morgan fingerprint density at radius 3 is 1.88 bits per heavy atom. The van der Waals surface area contributed by atoms with E-state index in [1.807, 2.05) is 18.3 Å². The van der Waals surface area contributed by atoms with Crippen LogP contribution in [0.4, 0.5) is 0 Å². The van der Waals surface area contributed by atoms with E-state index < -0.39 is 0 Å². The molecule has 0 N–H and O–H groups in total. The second-order valence-corrected chi connectivity index (χ2v) is 14.1. The second-order valence-electron chi connectivity index (χ2n) is 13.1. The molecule has 0 amide bonds. The smallest absolute Gasteiger partial charge is 0.196 e. The molecule has 0 saturated heterocycles. The predicted molar refractivity (Wildman–Crippen MR) is 208 cm³/mol. The molecular weight excluding hydrogens is 649 g/mol. The zero-order valence-electron chi connectivity index (χ0n) is 26.9. The van der Waals surface area contributed by atoms with Crippen LogP contribution in [0, 0.1) is 0 Å². The van der Waals surface area contributed by atoms with E-state index in [1.165, 1.54) is 21.8 Å². The molecule has 0 unspecified atom stereocenters. The van der Waals surface area contributed by atoms with Crippen molar-refractivity contribution in [1.29, 1.82) is 0 Å². The van der Waals surface area contributed by atoms with Gasteiger partial charge in [0.2, 0.25) is 0 Å². The number of benzene rings is 6. The minimum atomic E-state index is 0.735. The van der Waals surface area contributed by atoms with E-state index in [-0.39, 0.29) is 0 Å². The number of aromatic nitrogens is 4. The van der Waals surface area contributed by atoms with Crippen LogP contribution in [0.2, 0.25) is 0 Å². The Kier molecular flexibility index (Phi) is 5.29. The molecule has 0 spiro atoms. The number of nitrogens with zero attached hydrogens (tertiary/aromatic N) is 4. The highest BCUT2D eigenvalue weighted by atomic mass is 32.1. The van der Waals surface area contributed by atoms with Gasteiger partial charge in [0.25, 0.3) is 0 Å². The van der Waals surface area contributed by atoms with Gasteiger partial charge in [-0.15, -0.1) is 0 Å². The van der Waals surface area contributed by atoms with Crippen LogP contribution in [0.15, 0.2) is 155 Å². The van der Waals surface area contributed by atoms with Gasteiger partial charge in [-0.25, -0.2) is 4.98 Å². The molecule has 0 aliphatic heterocycles. The van der Waals surface area contributed by atoms with E-state index in [0.717, 1.165) is 87.3 Å². The summed E-state index contributed by atoms with van der Waals surface area (Å²) < 4.78 is 16.9. The van der Waals surface area contributed by atoms with Crippen molar-refractivity contribution in [3.63, 3.8) is 0 Å². The molecule has 6 aromatic carbocycles. The van der Waals surface area contributed by atoms with Gasteiger partial charge in [0.15, 0.2) is 10.6 Å². The fraction of sp³-hybridized carbons (Fsp3) is 0. The van der Waals surface area contributed by atoms with Crippen molar-refractivity contribution >= 4 is 93.1 Å². The summed E-state index contributed by atoms with van der Waals surface area (Å²) in [6.45, 7) is 0. The van der Waals surface area contributed by atoms with Gasteiger partial charge in [-0.1, -0.05) is 72.0 Å². The molecular formula is C44H24N4O2S. The standard InChI is InChI=1S/C44H24N4O2S/c1-4-10-35-29(7-1)30-8-2-5-11-36(30)48(35)28-15-18-41-34(22-28)33-19-25(13-16-40(33)50-41)27-21-37-43(45-23-27)46-44-47(37)24-42(51-44)26-14-17-39-32(20-26)31-9-3-6-12-38(31)49-39/h1-24H. The monoisotopic (exact) mass is 672 g/mol. The van der Waals surface area contributed by atoms with Crippen LogP contribution >= 0.6 is 11.3 Å². The van der Waals surface area contributed by atoms with Crippen molar-refractivity contribution in [3.05, 3.63) is 146 Å². The van der Waals surface area contributed by atoms with E-state index >= 15 is 0 Å². The molecule has 0 saturated carbocycles. The highest BCUT2D eigenvalue weighted by molar-refractivity contribution is 7.20. The lowest BCUT2D eigenvalue weighted by Crippen LogP contribution is -1.93. The van der Waals surface area contributed by atoms with E-state index in [4.69, 9.17) is 18.8 Å². The van der Waals surface area contributed by atoms with Gasteiger partial charge in [-0.05, 0) is 83.9 Å². The molecule has 0 radical (unpaired) electrons. The van der Waals surface area contributed by atoms with Crippen LogP contribution in [0.5, 0.6) is 0 Å². The fourth-order valence-corrected chi connectivity index (χ4v) is 8.83. The van der Waals surface area contributed by atoms with E-state index in [1.54, 1.807) is 11.3 Å². The van der Waals surface area contributed by atoms with Gasteiger partial charge in [0.05, 0.1) is 21.4 Å². The largest absolute Gasteiger partial charge is 0.456 e. The average molecular weight is 673 g/mol. The molecule has 0 atom stereocenters. The highest BCUT2D eigenvalue weighted by Gasteiger charge is 2.17. The van der Waals surface area contributed by atoms with Crippen molar-refractivity contribution in [2.24, 2.45) is 0 Å². The number of fused-ring (bicyclic) bond motifs is 12. The van der Waals surface area contributed by atoms with Crippen LogP contribution in [-0.4, -0.2) is 18.9 Å². The minimum Gasteiger partial charge on any atom is -0.456 e. The lowest BCUT2D eigenvalue weighted by atomic mass is 10.0. The van der Waals surface area contributed by atoms with E-state index in [0.29, 0.717) is 0 Å². The Bertz CT molecular complexity index is 3340.